The molecule has 0 aliphatic carbocycles. The number of carbonyl (C=O) groups is 2. The average molecular weight is 393 g/mol. The van der Waals surface area contributed by atoms with Gasteiger partial charge in [-0.2, -0.15) is 0 Å². The third-order valence-electron chi connectivity index (χ3n) is 3.52. The molecule has 0 bridgehead atoms. The second-order valence-corrected chi connectivity index (χ2v) is 7.44. The van der Waals surface area contributed by atoms with E-state index in [4.69, 9.17) is 14.2 Å². The zero-order valence-corrected chi connectivity index (χ0v) is 15.8. The first-order chi connectivity index (χ1) is 12.8. The predicted octanol–water partition coefficient (Wildman–Crippen LogP) is 1.90. The van der Waals surface area contributed by atoms with E-state index in [2.05, 4.69) is 5.32 Å². The summed E-state index contributed by atoms with van der Waals surface area (Å²) in [6.45, 7) is -0.600. The Morgan fingerprint density at radius 1 is 1.04 bits per heavy atom. The van der Waals surface area contributed by atoms with E-state index in [9.17, 15) is 18.0 Å². The molecule has 0 heterocycles. The van der Waals surface area contributed by atoms with Gasteiger partial charge in [-0.3, -0.25) is 4.79 Å². The summed E-state index contributed by atoms with van der Waals surface area (Å²) in [4.78, 5) is 24.1. The molecule has 0 spiro atoms. The van der Waals surface area contributed by atoms with Crippen molar-refractivity contribution >= 4 is 27.4 Å². The van der Waals surface area contributed by atoms with Crippen LogP contribution in [-0.2, 0) is 19.4 Å². The maximum absolute atomic E-state index is 12.2. The molecule has 0 saturated carbocycles. The Morgan fingerprint density at radius 2 is 1.74 bits per heavy atom. The van der Waals surface area contributed by atoms with Crippen LogP contribution in [-0.4, -0.2) is 47.4 Å². The molecule has 144 valence electrons. The Labute approximate surface area is 157 Å². The van der Waals surface area contributed by atoms with Crippen molar-refractivity contribution in [1.29, 1.82) is 0 Å². The van der Waals surface area contributed by atoms with Crippen molar-refractivity contribution in [2.24, 2.45) is 0 Å². The highest BCUT2D eigenvalue weighted by Crippen LogP contribution is 2.28. The Kier molecular flexibility index (Phi) is 6.40. The number of benzene rings is 2. The van der Waals surface area contributed by atoms with Gasteiger partial charge in [0.1, 0.15) is 11.5 Å². The number of methoxy groups -OCH3 is 2. The number of anilines is 1. The smallest absolute Gasteiger partial charge is 0.339 e. The minimum atomic E-state index is -3.61. The second-order valence-electron chi connectivity index (χ2n) is 5.46. The van der Waals surface area contributed by atoms with Crippen LogP contribution in [0.25, 0.3) is 0 Å². The van der Waals surface area contributed by atoms with Gasteiger partial charge in [-0.25, -0.2) is 13.2 Å². The highest BCUT2D eigenvalue weighted by molar-refractivity contribution is 7.90. The average Bonchev–Trinajstić information content (AvgIpc) is 2.65. The fraction of sp³-hybridized carbons (Fsp3) is 0.222. The first-order valence-electron chi connectivity index (χ1n) is 7.74. The quantitative estimate of drug-likeness (QED) is 0.716. The molecule has 0 aliphatic rings. The summed E-state index contributed by atoms with van der Waals surface area (Å²) in [5, 5.41) is 2.55. The third-order valence-corrected chi connectivity index (χ3v) is 4.68. The number of hydrogen-bond acceptors (Lipinski definition) is 7. The molecule has 0 radical (unpaired) electrons. The van der Waals surface area contributed by atoms with Gasteiger partial charge in [0.25, 0.3) is 5.91 Å². The van der Waals surface area contributed by atoms with Gasteiger partial charge >= 0.3 is 5.97 Å². The maximum atomic E-state index is 12.2. The summed E-state index contributed by atoms with van der Waals surface area (Å²) in [5.74, 6) is -0.626. The molecule has 0 aromatic heterocycles. The summed E-state index contributed by atoms with van der Waals surface area (Å²) >= 11 is 0. The summed E-state index contributed by atoms with van der Waals surface area (Å²) < 4.78 is 38.7. The fourth-order valence-electron chi connectivity index (χ4n) is 2.27. The Hall–Kier alpha value is -3.07. The molecule has 9 heteroatoms. The monoisotopic (exact) mass is 393 g/mol. The lowest BCUT2D eigenvalue weighted by atomic mass is 10.2. The molecule has 2 aromatic rings. The largest absolute Gasteiger partial charge is 0.497 e. The van der Waals surface area contributed by atoms with Gasteiger partial charge in [-0.1, -0.05) is 12.1 Å². The van der Waals surface area contributed by atoms with Gasteiger partial charge in [0.15, 0.2) is 16.4 Å². The first-order valence-corrected chi connectivity index (χ1v) is 9.63. The highest BCUT2D eigenvalue weighted by atomic mass is 32.2. The highest BCUT2D eigenvalue weighted by Gasteiger charge is 2.20. The lowest BCUT2D eigenvalue weighted by Gasteiger charge is -2.12. The summed E-state index contributed by atoms with van der Waals surface area (Å²) in [6.07, 6.45) is 0.987. The van der Waals surface area contributed by atoms with Gasteiger partial charge in [0.05, 0.1) is 30.4 Å². The van der Waals surface area contributed by atoms with Crippen molar-refractivity contribution in [1.82, 2.24) is 0 Å². The van der Waals surface area contributed by atoms with Gasteiger partial charge in [0, 0.05) is 12.3 Å². The van der Waals surface area contributed by atoms with Crippen LogP contribution < -0.4 is 14.8 Å². The van der Waals surface area contributed by atoms with Crippen LogP contribution in [0.3, 0.4) is 0 Å². The van der Waals surface area contributed by atoms with Crippen LogP contribution in [0.1, 0.15) is 10.4 Å². The van der Waals surface area contributed by atoms with Crippen LogP contribution in [0.2, 0.25) is 0 Å². The second kappa shape index (κ2) is 8.54. The number of hydrogen-bond donors (Lipinski definition) is 1. The Bertz CT molecular complexity index is 954. The predicted molar refractivity (Wildman–Crippen MR) is 98.0 cm³/mol. The minimum Gasteiger partial charge on any atom is -0.497 e. The lowest BCUT2D eigenvalue weighted by molar-refractivity contribution is -0.119. The fourth-order valence-corrected chi connectivity index (χ4v) is 3.14. The molecule has 2 rings (SSSR count). The molecule has 8 nitrogen and oxygen atoms in total. The molecule has 0 aliphatic heterocycles. The van der Waals surface area contributed by atoms with Gasteiger partial charge in [-0.05, 0) is 24.3 Å². The van der Waals surface area contributed by atoms with E-state index in [1.165, 1.54) is 38.5 Å². The molecule has 1 amide bonds. The number of carbonyl (C=O) groups excluding carboxylic acids is 2. The van der Waals surface area contributed by atoms with Gasteiger partial charge in [-0.15, -0.1) is 0 Å². The van der Waals surface area contributed by atoms with E-state index in [1.54, 1.807) is 18.2 Å². The summed E-state index contributed by atoms with van der Waals surface area (Å²) in [6, 6.07) is 10.5. The van der Waals surface area contributed by atoms with Crippen molar-refractivity contribution < 1.29 is 32.2 Å². The molecular weight excluding hydrogens is 374 g/mol. The molecule has 0 atom stereocenters. The molecule has 0 fully saturated rings. The van der Waals surface area contributed by atoms with E-state index >= 15 is 0 Å². The van der Waals surface area contributed by atoms with Gasteiger partial charge in [0.2, 0.25) is 0 Å². The van der Waals surface area contributed by atoms with Crippen molar-refractivity contribution in [2.45, 2.75) is 4.90 Å². The molecule has 1 N–H and O–H groups in total. The minimum absolute atomic E-state index is 0.133. The zero-order chi connectivity index (χ0) is 20.0. The third kappa shape index (κ3) is 5.20. The number of sulfone groups is 1. The van der Waals surface area contributed by atoms with Gasteiger partial charge < -0.3 is 19.5 Å². The summed E-state index contributed by atoms with van der Waals surface area (Å²) in [7, 11) is -0.689. The van der Waals surface area contributed by atoms with Crippen molar-refractivity contribution in [3.63, 3.8) is 0 Å². The number of rotatable bonds is 7. The van der Waals surface area contributed by atoms with Crippen LogP contribution in [0.4, 0.5) is 5.69 Å². The van der Waals surface area contributed by atoms with Crippen LogP contribution in [0, 0.1) is 0 Å². The van der Waals surface area contributed by atoms with Crippen molar-refractivity contribution in [2.75, 3.05) is 32.4 Å². The van der Waals surface area contributed by atoms with E-state index in [1.807, 2.05) is 0 Å². The van der Waals surface area contributed by atoms with Crippen LogP contribution in [0.15, 0.2) is 47.4 Å². The number of ether oxygens (including phenoxy) is 3. The molecule has 2 aromatic carbocycles. The molecule has 0 saturated heterocycles. The van der Waals surface area contributed by atoms with Crippen LogP contribution >= 0.6 is 0 Å². The first kappa shape index (κ1) is 20.2. The number of esters is 1. The molecule has 27 heavy (non-hydrogen) atoms. The molecule has 0 unspecified atom stereocenters. The maximum Gasteiger partial charge on any atom is 0.339 e. The van der Waals surface area contributed by atoms with E-state index in [0.717, 1.165) is 6.26 Å². The summed E-state index contributed by atoms with van der Waals surface area (Å²) in [5.41, 5.74) is 0.209. The Morgan fingerprint density at radius 3 is 2.37 bits per heavy atom. The van der Waals surface area contributed by atoms with E-state index < -0.39 is 28.3 Å². The van der Waals surface area contributed by atoms with Crippen LogP contribution in [0.5, 0.6) is 11.5 Å². The zero-order valence-electron chi connectivity index (χ0n) is 15.0. The standard InChI is InChI=1S/C18H19NO7S/c1-24-12-8-9-15(25-2)14(10-12)19-17(20)11-26-18(21)13-6-4-5-7-16(13)27(3,22)23/h4-10H,11H2,1-3H3,(H,19,20). The lowest BCUT2D eigenvalue weighted by Crippen LogP contribution is -2.22. The normalized spacial score (nSPS) is 10.8. The number of amides is 1. The topological polar surface area (TPSA) is 108 Å². The van der Waals surface area contributed by atoms with Crippen molar-refractivity contribution in [3.8, 4) is 11.5 Å². The molecular formula is C18H19NO7S. The van der Waals surface area contributed by atoms with E-state index in [0.29, 0.717) is 17.2 Å². The van der Waals surface area contributed by atoms with Crippen molar-refractivity contribution in [3.05, 3.63) is 48.0 Å². The van der Waals surface area contributed by atoms with E-state index in [-0.39, 0.29) is 10.5 Å². The number of nitrogens with one attached hydrogen (secondary N) is 1. The SMILES string of the molecule is COc1ccc(OC)c(NC(=O)COC(=O)c2ccccc2S(C)(=O)=O)c1. The Balaban J connectivity index is 2.08.